The molecule has 3 heterocycles. The van der Waals surface area contributed by atoms with Crippen LogP contribution in [-0.2, 0) is 16.0 Å². The van der Waals surface area contributed by atoms with Crippen molar-refractivity contribution in [2.45, 2.75) is 45.6 Å². The first-order valence-corrected chi connectivity index (χ1v) is 14.0. The predicted octanol–water partition coefficient (Wildman–Crippen LogP) is 4.23. The molecule has 1 saturated heterocycles. The van der Waals surface area contributed by atoms with Crippen LogP contribution in [0.15, 0.2) is 35.7 Å². The molecule has 1 aromatic heterocycles. The Kier molecular flexibility index (Phi) is 9.26. The number of amides is 2. The van der Waals surface area contributed by atoms with Crippen molar-refractivity contribution in [1.82, 2.24) is 14.7 Å². The summed E-state index contributed by atoms with van der Waals surface area (Å²) < 4.78 is 11.6. The number of para-hydroxylation sites is 2. The number of nitrogens with zero attached hydrogens (tertiary/aromatic N) is 3. The van der Waals surface area contributed by atoms with Gasteiger partial charge in [-0.1, -0.05) is 26.0 Å². The molecule has 36 heavy (non-hydrogen) atoms. The molecule has 2 aliphatic heterocycles. The summed E-state index contributed by atoms with van der Waals surface area (Å²) in [5.74, 6) is 1.64. The van der Waals surface area contributed by atoms with Gasteiger partial charge in [-0.2, -0.15) is 0 Å². The summed E-state index contributed by atoms with van der Waals surface area (Å²) in [6, 6.07) is 9.48. The topological polar surface area (TPSA) is 62.3 Å². The lowest BCUT2D eigenvalue weighted by Gasteiger charge is -2.37. The number of benzene rings is 1. The zero-order valence-corrected chi connectivity index (χ0v) is 22.6. The first-order valence-electron chi connectivity index (χ1n) is 13.1. The van der Waals surface area contributed by atoms with Gasteiger partial charge in [0.1, 0.15) is 6.61 Å². The van der Waals surface area contributed by atoms with E-state index in [9.17, 15) is 9.59 Å². The molecule has 0 aliphatic carbocycles. The third kappa shape index (κ3) is 6.59. The molecular formula is C28H39N3O4S. The second kappa shape index (κ2) is 12.6. The van der Waals surface area contributed by atoms with E-state index in [1.165, 1.54) is 17.7 Å². The third-order valence-electron chi connectivity index (χ3n) is 7.03. The van der Waals surface area contributed by atoms with Gasteiger partial charge in [0, 0.05) is 30.9 Å². The minimum absolute atomic E-state index is 0.0148. The van der Waals surface area contributed by atoms with Crippen molar-refractivity contribution in [2.24, 2.45) is 5.92 Å². The van der Waals surface area contributed by atoms with Crippen molar-refractivity contribution in [3.63, 3.8) is 0 Å². The lowest BCUT2D eigenvalue weighted by Crippen LogP contribution is -2.49. The average molecular weight is 514 g/mol. The summed E-state index contributed by atoms with van der Waals surface area (Å²) in [6.45, 7) is 8.76. The monoisotopic (exact) mass is 513 g/mol. The molecule has 0 N–H and O–H groups in total. The van der Waals surface area contributed by atoms with Crippen LogP contribution in [0.4, 0.5) is 0 Å². The number of fused-ring (bicyclic) bond motifs is 1. The van der Waals surface area contributed by atoms with E-state index < -0.39 is 0 Å². The first-order chi connectivity index (χ1) is 17.5. The molecule has 0 bridgehead atoms. The Bertz CT molecular complexity index is 1020. The number of likely N-dealkylation sites (tertiary alicyclic amines) is 1. The Morgan fingerprint density at radius 1 is 1.11 bits per heavy atom. The van der Waals surface area contributed by atoms with Gasteiger partial charge in [-0.15, -0.1) is 11.3 Å². The summed E-state index contributed by atoms with van der Waals surface area (Å²) in [6.07, 6.45) is 3.72. The molecule has 196 valence electrons. The number of hydrogen-bond donors (Lipinski definition) is 0. The maximum atomic E-state index is 13.7. The van der Waals surface area contributed by atoms with Crippen molar-refractivity contribution in [1.29, 1.82) is 0 Å². The van der Waals surface area contributed by atoms with Gasteiger partial charge < -0.3 is 24.2 Å². The van der Waals surface area contributed by atoms with Crippen molar-refractivity contribution in [2.75, 3.05) is 53.0 Å². The van der Waals surface area contributed by atoms with Crippen LogP contribution < -0.4 is 9.47 Å². The van der Waals surface area contributed by atoms with Crippen LogP contribution in [0, 0.1) is 5.92 Å². The fraction of sp³-hybridized carbons (Fsp3) is 0.571. The Morgan fingerprint density at radius 2 is 1.86 bits per heavy atom. The molecular weight excluding hydrogens is 474 g/mol. The van der Waals surface area contributed by atoms with Crippen LogP contribution in [-0.4, -0.2) is 79.5 Å². The smallest absolute Gasteiger partial charge is 0.242 e. The summed E-state index contributed by atoms with van der Waals surface area (Å²) in [5.41, 5.74) is 1.15. The second-order valence-corrected chi connectivity index (χ2v) is 11.1. The van der Waals surface area contributed by atoms with E-state index in [0.717, 1.165) is 31.6 Å². The molecule has 0 unspecified atom stereocenters. The molecule has 0 saturated carbocycles. The Labute approximate surface area is 219 Å². The fourth-order valence-corrected chi connectivity index (χ4v) is 6.00. The van der Waals surface area contributed by atoms with Gasteiger partial charge in [-0.25, -0.2) is 0 Å². The number of carbonyl (C=O) groups excluding carboxylic acids is 2. The van der Waals surface area contributed by atoms with Gasteiger partial charge >= 0.3 is 0 Å². The lowest BCUT2D eigenvalue weighted by atomic mass is 10.00. The summed E-state index contributed by atoms with van der Waals surface area (Å²) in [5, 5.41) is 2.09. The number of rotatable bonds is 11. The quantitative estimate of drug-likeness (QED) is 0.450. The maximum absolute atomic E-state index is 13.7. The van der Waals surface area contributed by atoms with Crippen molar-refractivity contribution in [3.05, 3.63) is 46.2 Å². The normalized spacial score (nSPS) is 17.8. The third-order valence-corrected chi connectivity index (χ3v) is 8.02. The Hall–Kier alpha value is -2.58. The van der Waals surface area contributed by atoms with E-state index in [2.05, 4.69) is 16.3 Å². The molecule has 2 aromatic rings. The minimum Gasteiger partial charge on any atom is -0.493 e. The fourth-order valence-electron chi connectivity index (χ4n) is 5.07. The molecule has 1 aromatic carbocycles. The van der Waals surface area contributed by atoms with Gasteiger partial charge in [-0.3, -0.25) is 9.59 Å². The molecule has 4 rings (SSSR count). The summed E-state index contributed by atoms with van der Waals surface area (Å²) in [7, 11) is 1.63. The first kappa shape index (κ1) is 26.5. The van der Waals surface area contributed by atoms with Crippen LogP contribution >= 0.6 is 11.3 Å². The zero-order valence-electron chi connectivity index (χ0n) is 21.8. The number of thiophene rings is 1. The van der Waals surface area contributed by atoms with E-state index in [0.29, 0.717) is 37.6 Å². The highest BCUT2D eigenvalue weighted by Gasteiger charge is 2.34. The van der Waals surface area contributed by atoms with Crippen LogP contribution in [0.2, 0.25) is 0 Å². The van der Waals surface area contributed by atoms with E-state index >= 15 is 0 Å². The Morgan fingerprint density at radius 3 is 2.58 bits per heavy atom. The van der Waals surface area contributed by atoms with Crippen LogP contribution in [0.5, 0.6) is 11.5 Å². The molecule has 2 amide bonds. The van der Waals surface area contributed by atoms with E-state index in [4.69, 9.17) is 9.47 Å². The molecule has 1 atom stereocenters. The summed E-state index contributed by atoms with van der Waals surface area (Å²) in [4.78, 5) is 34.2. The minimum atomic E-state index is -0.196. The van der Waals surface area contributed by atoms with Crippen molar-refractivity contribution >= 4 is 23.2 Å². The van der Waals surface area contributed by atoms with Gasteiger partial charge in [0.05, 0.1) is 19.7 Å². The number of carbonyl (C=O) groups is 2. The van der Waals surface area contributed by atoms with Crippen molar-refractivity contribution in [3.8, 4) is 11.5 Å². The number of methoxy groups -OCH3 is 1. The van der Waals surface area contributed by atoms with E-state index in [1.807, 2.05) is 43.0 Å². The predicted molar refractivity (Wildman–Crippen MR) is 143 cm³/mol. The molecule has 0 spiro atoms. The molecule has 1 fully saturated rings. The van der Waals surface area contributed by atoms with Gasteiger partial charge in [0.2, 0.25) is 11.8 Å². The van der Waals surface area contributed by atoms with Gasteiger partial charge in [0.25, 0.3) is 0 Å². The average Bonchev–Trinajstić information content (AvgIpc) is 3.56. The SMILES string of the molecule is COc1ccccc1OC[C@H]1c2ccsc2CCN1C(=O)CN(CCN1CCCC1)C(=O)CC(C)C. The van der Waals surface area contributed by atoms with Gasteiger partial charge in [-0.05, 0) is 67.4 Å². The van der Waals surface area contributed by atoms with Crippen LogP contribution in [0.3, 0.4) is 0 Å². The largest absolute Gasteiger partial charge is 0.493 e. The second-order valence-electron chi connectivity index (χ2n) is 10.1. The highest BCUT2D eigenvalue weighted by atomic mass is 32.1. The van der Waals surface area contributed by atoms with Gasteiger partial charge in [0.15, 0.2) is 11.5 Å². The molecule has 8 heteroatoms. The Balaban J connectivity index is 1.48. The maximum Gasteiger partial charge on any atom is 0.242 e. The van der Waals surface area contributed by atoms with E-state index in [1.54, 1.807) is 23.3 Å². The lowest BCUT2D eigenvalue weighted by molar-refractivity contribution is -0.143. The van der Waals surface area contributed by atoms with Crippen molar-refractivity contribution < 1.29 is 19.1 Å². The zero-order chi connectivity index (χ0) is 25.5. The highest BCUT2D eigenvalue weighted by Crippen LogP contribution is 2.35. The summed E-state index contributed by atoms with van der Waals surface area (Å²) >= 11 is 1.73. The number of hydrogen-bond acceptors (Lipinski definition) is 6. The molecule has 2 aliphatic rings. The highest BCUT2D eigenvalue weighted by molar-refractivity contribution is 7.10. The van der Waals surface area contributed by atoms with E-state index in [-0.39, 0.29) is 30.3 Å². The standard InChI is InChI=1S/C28H39N3O4S/c1-21(2)18-27(32)30(16-15-29-12-6-7-13-29)19-28(33)31-14-10-26-22(11-17-36-26)23(31)20-35-25-9-5-4-8-24(25)34-3/h4-5,8-9,11,17,21,23H,6-7,10,12-16,18-20H2,1-3H3/t23-/m0/s1. The number of ether oxygens (including phenoxy) is 2. The van der Waals surface area contributed by atoms with Crippen LogP contribution in [0.25, 0.3) is 0 Å². The molecule has 0 radical (unpaired) electrons. The molecule has 7 nitrogen and oxygen atoms in total. The van der Waals surface area contributed by atoms with Crippen LogP contribution in [0.1, 0.15) is 49.6 Å².